The van der Waals surface area contributed by atoms with Crippen molar-refractivity contribution in [3.63, 3.8) is 0 Å². The molecular weight excluding hydrogens is 472 g/mol. The number of aryl methyl sites for hydroxylation is 1. The van der Waals surface area contributed by atoms with Gasteiger partial charge < -0.3 is 4.90 Å². The zero-order valence-corrected chi connectivity index (χ0v) is 23.9. The Morgan fingerprint density at radius 3 is 2.08 bits per heavy atom. The van der Waals surface area contributed by atoms with Gasteiger partial charge in [-0.15, -0.1) is 0 Å². The van der Waals surface area contributed by atoms with E-state index in [1.807, 2.05) is 25.7 Å². The maximum Gasteiger partial charge on any atom is 0.257 e. The zero-order valence-electron chi connectivity index (χ0n) is 23.1. The van der Waals surface area contributed by atoms with Crippen LogP contribution in [0.5, 0.6) is 0 Å². The first-order chi connectivity index (χ1) is 17.2. The fourth-order valence-corrected chi connectivity index (χ4v) is 8.40. The number of nitrogens with zero attached hydrogens (tertiary/aromatic N) is 4. The molecule has 0 aromatic carbocycles. The van der Waals surface area contributed by atoms with Crippen molar-refractivity contribution in [3.8, 4) is 0 Å². The lowest BCUT2D eigenvalue weighted by Crippen LogP contribution is -2.49. The largest absolute Gasteiger partial charge is 0.339 e. The topological polar surface area (TPSA) is 75.5 Å². The van der Waals surface area contributed by atoms with Crippen molar-refractivity contribution < 1.29 is 13.2 Å². The van der Waals surface area contributed by atoms with Gasteiger partial charge >= 0.3 is 0 Å². The molecule has 1 saturated carbocycles. The Morgan fingerprint density at radius 1 is 1.00 bits per heavy atom. The Balaban J connectivity index is 1.69. The van der Waals surface area contributed by atoms with Gasteiger partial charge in [0.1, 0.15) is 0 Å². The van der Waals surface area contributed by atoms with E-state index in [0.29, 0.717) is 38.0 Å². The summed E-state index contributed by atoms with van der Waals surface area (Å²) in [5.41, 5.74) is 3.01. The van der Waals surface area contributed by atoms with Crippen molar-refractivity contribution in [2.45, 2.75) is 104 Å². The number of amides is 1. The molecule has 1 aliphatic carbocycles. The van der Waals surface area contributed by atoms with Crippen LogP contribution in [0.15, 0.2) is 0 Å². The molecule has 3 aliphatic rings. The maximum atomic E-state index is 13.5. The van der Waals surface area contributed by atoms with E-state index in [-0.39, 0.29) is 11.3 Å². The highest BCUT2D eigenvalue weighted by atomic mass is 32.2. The number of carbonyl (C=O) groups excluding carboxylic acids is 1. The molecule has 1 amide bonds. The van der Waals surface area contributed by atoms with Gasteiger partial charge in [0, 0.05) is 32.7 Å². The van der Waals surface area contributed by atoms with E-state index in [2.05, 4.69) is 4.68 Å². The summed E-state index contributed by atoms with van der Waals surface area (Å²) in [4.78, 5) is 15.5. The van der Waals surface area contributed by atoms with Crippen molar-refractivity contribution in [1.29, 1.82) is 0 Å². The van der Waals surface area contributed by atoms with Gasteiger partial charge in [-0.3, -0.25) is 9.48 Å². The number of fused-ring (bicyclic) bond motifs is 1. The van der Waals surface area contributed by atoms with Crippen molar-refractivity contribution >= 4 is 15.9 Å². The van der Waals surface area contributed by atoms with E-state index in [4.69, 9.17) is 5.10 Å². The van der Waals surface area contributed by atoms with Gasteiger partial charge in [-0.25, -0.2) is 12.7 Å². The maximum absolute atomic E-state index is 13.5. The molecule has 4 rings (SSSR count). The van der Waals surface area contributed by atoms with Gasteiger partial charge in [0.05, 0.1) is 23.2 Å². The van der Waals surface area contributed by atoms with Crippen molar-refractivity contribution in [3.05, 3.63) is 17.0 Å². The van der Waals surface area contributed by atoms with Crippen LogP contribution in [0.4, 0.5) is 0 Å². The van der Waals surface area contributed by atoms with E-state index >= 15 is 0 Å². The minimum absolute atomic E-state index is 0.117. The molecule has 0 N–H and O–H groups in total. The average Bonchev–Trinajstić information content (AvgIpc) is 3.17. The molecule has 3 heterocycles. The summed E-state index contributed by atoms with van der Waals surface area (Å²) >= 11 is 0. The summed E-state index contributed by atoms with van der Waals surface area (Å²) in [6, 6.07) is 0. The summed E-state index contributed by atoms with van der Waals surface area (Å²) in [6.45, 7) is 9.65. The quantitative estimate of drug-likeness (QED) is 0.546. The number of rotatable bonds is 5. The lowest BCUT2D eigenvalue weighted by atomic mass is 9.59. The summed E-state index contributed by atoms with van der Waals surface area (Å²) in [7, 11) is -3.14. The number of hydrogen-bond acceptors (Lipinski definition) is 4. The molecule has 1 aromatic heterocycles. The summed E-state index contributed by atoms with van der Waals surface area (Å²) in [5.74, 6) is 1.09. The number of piperidine rings is 1. The molecule has 1 unspecified atom stereocenters. The molecule has 36 heavy (non-hydrogen) atoms. The molecule has 0 radical (unpaired) electrons. The van der Waals surface area contributed by atoms with E-state index < -0.39 is 10.0 Å². The second-order valence-electron chi connectivity index (χ2n) is 11.7. The molecule has 1 spiro atoms. The highest BCUT2D eigenvalue weighted by Crippen LogP contribution is 2.51. The molecular formula is C28H48N4O3S. The second kappa shape index (κ2) is 11.5. The van der Waals surface area contributed by atoms with E-state index in [9.17, 15) is 13.2 Å². The zero-order chi connectivity index (χ0) is 25.9. The Morgan fingerprint density at radius 2 is 1.56 bits per heavy atom. The predicted octanol–water partition coefficient (Wildman–Crippen LogP) is 5.03. The normalized spacial score (nSPS) is 24.4. The Labute approximate surface area is 219 Å². The minimum atomic E-state index is -3.14. The first kappa shape index (κ1) is 27.6. The van der Waals surface area contributed by atoms with Crippen LogP contribution >= 0.6 is 0 Å². The van der Waals surface area contributed by atoms with Gasteiger partial charge in [0.15, 0.2) is 0 Å². The average molecular weight is 521 g/mol. The standard InChI is InChI=1S/C28H48N4O3S/c1-5-30(6-2)27(33)26-22(3)29-32-21-28(16-12-10-8-7-9-11-13-17-28)24(20-25(26)32)23-14-18-31(19-15-23)36(4,34)35/h23-24H,5-21H2,1-4H3. The smallest absolute Gasteiger partial charge is 0.257 e. The third kappa shape index (κ3) is 5.69. The van der Waals surface area contributed by atoms with Gasteiger partial charge in [-0.1, -0.05) is 44.9 Å². The third-order valence-corrected chi connectivity index (χ3v) is 10.9. The lowest BCUT2D eigenvalue weighted by molar-refractivity contribution is 0.00810. The monoisotopic (exact) mass is 520 g/mol. The highest BCUT2D eigenvalue weighted by molar-refractivity contribution is 7.88. The SMILES string of the molecule is CCN(CC)C(=O)c1c(C)nn2c1CC(C1CCN(S(C)(=O)=O)CC1)C1(CCCCCCCCC1)C2. The van der Waals surface area contributed by atoms with Crippen LogP contribution in [0.25, 0.3) is 0 Å². The van der Waals surface area contributed by atoms with Gasteiger partial charge in [-0.05, 0) is 70.1 Å². The van der Waals surface area contributed by atoms with Crippen LogP contribution in [-0.2, 0) is 23.0 Å². The van der Waals surface area contributed by atoms with E-state index in [1.54, 1.807) is 4.31 Å². The predicted molar refractivity (Wildman–Crippen MR) is 145 cm³/mol. The van der Waals surface area contributed by atoms with E-state index in [1.165, 1.54) is 64.0 Å². The van der Waals surface area contributed by atoms with Crippen LogP contribution in [0.2, 0.25) is 0 Å². The Bertz CT molecular complexity index is 996. The van der Waals surface area contributed by atoms with Gasteiger partial charge in [-0.2, -0.15) is 5.10 Å². The van der Waals surface area contributed by atoms with Crippen LogP contribution in [-0.4, -0.2) is 65.7 Å². The number of aromatic nitrogens is 2. The molecule has 7 nitrogen and oxygen atoms in total. The van der Waals surface area contributed by atoms with Crippen LogP contribution < -0.4 is 0 Å². The van der Waals surface area contributed by atoms with Crippen LogP contribution in [0, 0.1) is 24.2 Å². The van der Waals surface area contributed by atoms with Gasteiger partial charge in [0.2, 0.25) is 10.0 Å². The van der Waals surface area contributed by atoms with Crippen LogP contribution in [0.3, 0.4) is 0 Å². The fourth-order valence-electron chi connectivity index (χ4n) is 7.52. The molecule has 2 aliphatic heterocycles. The number of carbonyl (C=O) groups is 1. The van der Waals surface area contributed by atoms with Crippen molar-refractivity contribution in [2.75, 3.05) is 32.4 Å². The van der Waals surface area contributed by atoms with Gasteiger partial charge in [0.25, 0.3) is 5.91 Å². The second-order valence-corrected chi connectivity index (χ2v) is 13.7. The Hall–Kier alpha value is -1.41. The minimum Gasteiger partial charge on any atom is -0.339 e. The molecule has 2 fully saturated rings. The lowest BCUT2D eigenvalue weighted by Gasteiger charge is -2.50. The third-order valence-electron chi connectivity index (χ3n) is 9.55. The van der Waals surface area contributed by atoms with Crippen molar-refractivity contribution in [2.24, 2.45) is 17.3 Å². The fraction of sp³-hybridized carbons (Fsp3) is 0.857. The first-order valence-electron chi connectivity index (χ1n) is 14.5. The molecule has 204 valence electrons. The molecule has 1 saturated heterocycles. The van der Waals surface area contributed by atoms with Crippen molar-refractivity contribution in [1.82, 2.24) is 19.0 Å². The Kier molecular flexibility index (Phi) is 8.86. The van der Waals surface area contributed by atoms with Crippen LogP contribution in [0.1, 0.15) is 106 Å². The van der Waals surface area contributed by atoms with E-state index in [0.717, 1.165) is 42.8 Å². The summed E-state index contributed by atoms with van der Waals surface area (Å²) < 4.78 is 28.3. The molecule has 1 atom stereocenters. The molecule has 8 heteroatoms. The number of hydrogen-bond donors (Lipinski definition) is 0. The molecule has 1 aromatic rings. The number of sulfonamides is 1. The molecule has 0 bridgehead atoms. The summed E-state index contributed by atoms with van der Waals surface area (Å²) in [6.07, 6.45) is 15.7. The highest BCUT2D eigenvalue weighted by Gasteiger charge is 2.48. The first-order valence-corrected chi connectivity index (χ1v) is 16.4. The summed E-state index contributed by atoms with van der Waals surface area (Å²) in [5, 5.41) is 4.97.